The summed E-state index contributed by atoms with van der Waals surface area (Å²) in [4.78, 5) is 2.13. The van der Waals surface area contributed by atoms with Crippen LogP contribution in [-0.4, -0.2) is 24.3 Å². The number of anilines is 1. The third-order valence-electron chi connectivity index (χ3n) is 2.91. The first kappa shape index (κ1) is 14.5. The van der Waals surface area contributed by atoms with Crippen LogP contribution in [0, 0.1) is 11.3 Å². The summed E-state index contributed by atoms with van der Waals surface area (Å²) in [7, 11) is 0. The summed E-state index contributed by atoms with van der Waals surface area (Å²) in [5.41, 5.74) is 8.10. The standard InChI is InChI=1S/C14H21N3O/c1-11(2)17(6-3-7-18)14-5-4-12(9-15)8-13(14)10-16/h4-5,8,11,18H,3,6-7,9,15H2,1-2H3. The van der Waals surface area contributed by atoms with Gasteiger partial charge in [0, 0.05) is 25.7 Å². The number of hydrogen-bond donors (Lipinski definition) is 2. The summed E-state index contributed by atoms with van der Waals surface area (Å²) in [6, 6.07) is 8.24. The van der Waals surface area contributed by atoms with Crippen LogP contribution in [-0.2, 0) is 6.54 Å². The Labute approximate surface area is 109 Å². The Morgan fingerprint density at radius 2 is 2.17 bits per heavy atom. The van der Waals surface area contributed by atoms with Crippen molar-refractivity contribution in [3.63, 3.8) is 0 Å². The van der Waals surface area contributed by atoms with Crippen LogP contribution >= 0.6 is 0 Å². The maximum absolute atomic E-state index is 9.23. The van der Waals surface area contributed by atoms with Crippen molar-refractivity contribution in [2.75, 3.05) is 18.1 Å². The van der Waals surface area contributed by atoms with Crippen molar-refractivity contribution in [1.82, 2.24) is 0 Å². The molecule has 0 aliphatic carbocycles. The van der Waals surface area contributed by atoms with Crippen molar-refractivity contribution in [2.45, 2.75) is 32.9 Å². The molecule has 0 aromatic heterocycles. The largest absolute Gasteiger partial charge is 0.396 e. The van der Waals surface area contributed by atoms with E-state index < -0.39 is 0 Å². The zero-order valence-electron chi connectivity index (χ0n) is 11.1. The van der Waals surface area contributed by atoms with E-state index in [0.717, 1.165) is 17.8 Å². The first-order valence-corrected chi connectivity index (χ1v) is 6.24. The fourth-order valence-corrected chi connectivity index (χ4v) is 1.95. The average Bonchev–Trinajstić information content (AvgIpc) is 2.38. The van der Waals surface area contributed by atoms with E-state index in [9.17, 15) is 5.26 Å². The van der Waals surface area contributed by atoms with Gasteiger partial charge in [-0.15, -0.1) is 0 Å². The van der Waals surface area contributed by atoms with E-state index >= 15 is 0 Å². The summed E-state index contributed by atoms with van der Waals surface area (Å²) < 4.78 is 0. The Kier molecular flexibility index (Phi) is 5.63. The van der Waals surface area contributed by atoms with E-state index in [1.165, 1.54) is 0 Å². The number of hydrogen-bond acceptors (Lipinski definition) is 4. The molecule has 1 aromatic carbocycles. The van der Waals surface area contributed by atoms with Crippen molar-refractivity contribution in [3.8, 4) is 6.07 Å². The van der Waals surface area contributed by atoms with Crippen LogP contribution < -0.4 is 10.6 Å². The van der Waals surface area contributed by atoms with Gasteiger partial charge in [-0.25, -0.2) is 0 Å². The first-order chi connectivity index (χ1) is 8.63. The van der Waals surface area contributed by atoms with Crippen LogP contribution in [0.4, 0.5) is 5.69 Å². The molecule has 0 atom stereocenters. The molecule has 0 saturated heterocycles. The number of benzene rings is 1. The predicted octanol–water partition coefficient (Wildman–Crippen LogP) is 1.61. The second-order valence-corrected chi connectivity index (χ2v) is 4.53. The third kappa shape index (κ3) is 3.46. The van der Waals surface area contributed by atoms with Gasteiger partial charge in [0.05, 0.1) is 11.3 Å². The van der Waals surface area contributed by atoms with Crippen molar-refractivity contribution in [3.05, 3.63) is 29.3 Å². The lowest BCUT2D eigenvalue weighted by atomic mass is 10.1. The van der Waals surface area contributed by atoms with Crippen LogP contribution in [0.15, 0.2) is 18.2 Å². The lowest BCUT2D eigenvalue weighted by molar-refractivity contribution is 0.288. The van der Waals surface area contributed by atoms with E-state index in [-0.39, 0.29) is 12.6 Å². The number of aliphatic hydroxyl groups is 1. The Bertz CT molecular complexity index is 424. The molecule has 0 radical (unpaired) electrons. The van der Waals surface area contributed by atoms with Crippen LogP contribution in [0.1, 0.15) is 31.4 Å². The maximum Gasteiger partial charge on any atom is 0.101 e. The van der Waals surface area contributed by atoms with Gasteiger partial charge >= 0.3 is 0 Å². The van der Waals surface area contributed by atoms with Gasteiger partial charge in [0.25, 0.3) is 0 Å². The zero-order chi connectivity index (χ0) is 13.5. The molecule has 0 amide bonds. The van der Waals surface area contributed by atoms with E-state index in [4.69, 9.17) is 10.8 Å². The third-order valence-corrected chi connectivity index (χ3v) is 2.91. The molecule has 0 aliphatic rings. The van der Waals surface area contributed by atoms with Crippen LogP contribution in [0.2, 0.25) is 0 Å². The van der Waals surface area contributed by atoms with Gasteiger partial charge in [0.2, 0.25) is 0 Å². The smallest absolute Gasteiger partial charge is 0.101 e. The minimum absolute atomic E-state index is 0.159. The van der Waals surface area contributed by atoms with Crippen molar-refractivity contribution in [2.24, 2.45) is 5.73 Å². The number of nitrogens with zero attached hydrogens (tertiary/aromatic N) is 2. The average molecular weight is 247 g/mol. The highest BCUT2D eigenvalue weighted by Crippen LogP contribution is 2.23. The molecule has 4 nitrogen and oxygen atoms in total. The highest BCUT2D eigenvalue weighted by atomic mass is 16.3. The monoisotopic (exact) mass is 247 g/mol. The van der Waals surface area contributed by atoms with E-state index in [2.05, 4.69) is 24.8 Å². The predicted molar refractivity (Wildman–Crippen MR) is 73.2 cm³/mol. The Balaban J connectivity index is 3.07. The molecule has 0 aliphatic heterocycles. The molecule has 0 heterocycles. The molecule has 98 valence electrons. The molecular formula is C14H21N3O. The highest BCUT2D eigenvalue weighted by molar-refractivity contribution is 5.61. The maximum atomic E-state index is 9.23. The lowest BCUT2D eigenvalue weighted by Crippen LogP contribution is -2.32. The Morgan fingerprint density at radius 1 is 1.44 bits per heavy atom. The van der Waals surface area contributed by atoms with E-state index in [1.807, 2.05) is 18.2 Å². The normalized spacial score (nSPS) is 10.4. The number of nitrogens with two attached hydrogens (primary N) is 1. The fraction of sp³-hybridized carbons (Fsp3) is 0.500. The van der Waals surface area contributed by atoms with Gasteiger partial charge in [-0.3, -0.25) is 0 Å². The van der Waals surface area contributed by atoms with Crippen LogP contribution in [0.25, 0.3) is 0 Å². The molecule has 1 rings (SSSR count). The molecule has 0 fully saturated rings. The van der Waals surface area contributed by atoms with Crippen molar-refractivity contribution >= 4 is 5.69 Å². The van der Waals surface area contributed by atoms with Gasteiger partial charge in [0.1, 0.15) is 6.07 Å². The van der Waals surface area contributed by atoms with Crippen molar-refractivity contribution < 1.29 is 5.11 Å². The van der Waals surface area contributed by atoms with Gasteiger partial charge in [-0.05, 0) is 38.0 Å². The lowest BCUT2D eigenvalue weighted by Gasteiger charge is -2.29. The molecule has 4 heteroatoms. The quantitative estimate of drug-likeness (QED) is 0.801. The molecular weight excluding hydrogens is 226 g/mol. The van der Waals surface area contributed by atoms with Gasteiger partial charge in [-0.2, -0.15) is 5.26 Å². The van der Waals surface area contributed by atoms with Gasteiger partial charge in [0.15, 0.2) is 0 Å². The minimum Gasteiger partial charge on any atom is -0.396 e. The molecule has 18 heavy (non-hydrogen) atoms. The van der Waals surface area contributed by atoms with Crippen molar-refractivity contribution in [1.29, 1.82) is 5.26 Å². The van der Waals surface area contributed by atoms with Crippen LogP contribution in [0.5, 0.6) is 0 Å². The second kappa shape index (κ2) is 7.00. The minimum atomic E-state index is 0.159. The SMILES string of the molecule is CC(C)N(CCCO)c1ccc(CN)cc1C#N. The molecule has 0 unspecified atom stereocenters. The topological polar surface area (TPSA) is 73.3 Å². The summed E-state index contributed by atoms with van der Waals surface area (Å²) in [5.74, 6) is 0. The van der Waals surface area contributed by atoms with Crippen LogP contribution in [0.3, 0.4) is 0 Å². The summed E-state index contributed by atoms with van der Waals surface area (Å²) >= 11 is 0. The van der Waals surface area contributed by atoms with Gasteiger partial charge < -0.3 is 15.7 Å². The summed E-state index contributed by atoms with van der Waals surface area (Å²) in [6.07, 6.45) is 0.696. The number of nitriles is 1. The first-order valence-electron chi connectivity index (χ1n) is 6.24. The molecule has 0 saturated carbocycles. The van der Waals surface area contributed by atoms with Gasteiger partial charge in [-0.1, -0.05) is 6.07 Å². The molecule has 1 aromatic rings. The van der Waals surface area contributed by atoms with E-state index in [1.54, 1.807) is 0 Å². The van der Waals surface area contributed by atoms with E-state index in [0.29, 0.717) is 18.5 Å². The second-order valence-electron chi connectivity index (χ2n) is 4.53. The Morgan fingerprint density at radius 3 is 2.67 bits per heavy atom. The fourth-order valence-electron chi connectivity index (χ4n) is 1.95. The number of aliphatic hydroxyl groups excluding tert-OH is 1. The molecule has 3 N–H and O–H groups in total. The summed E-state index contributed by atoms with van der Waals surface area (Å²) in [5, 5.41) is 18.2. The molecule has 0 bridgehead atoms. The highest BCUT2D eigenvalue weighted by Gasteiger charge is 2.14. The number of rotatable bonds is 6. The zero-order valence-corrected chi connectivity index (χ0v) is 11.1. The Hall–Kier alpha value is -1.57. The summed E-state index contributed by atoms with van der Waals surface area (Å²) in [6.45, 7) is 5.49. The molecule has 0 spiro atoms.